The second-order valence-corrected chi connectivity index (χ2v) is 1.74. The van der Waals surface area contributed by atoms with Gasteiger partial charge in [0.05, 0.1) is 0 Å². The molecule has 0 radical (unpaired) electrons. The van der Waals surface area contributed by atoms with E-state index in [4.69, 9.17) is 0 Å². The molecule has 0 fully saturated rings. The summed E-state index contributed by atoms with van der Waals surface area (Å²) in [7, 11) is 1.96. The molecule has 0 amide bonds. The normalized spacial score (nSPS) is 11.6. The van der Waals surface area contributed by atoms with Crippen LogP contribution in [0.5, 0.6) is 0 Å². The molecule has 0 rings (SSSR count). The van der Waals surface area contributed by atoms with Crippen LogP contribution < -0.4 is 5.32 Å². The fourth-order valence-electron chi connectivity index (χ4n) is 0.670. The Morgan fingerprint density at radius 1 is 1.50 bits per heavy atom. The summed E-state index contributed by atoms with van der Waals surface area (Å²) in [5.74, 6) is 0. The fraction of sp³-hybridized carbons (Fsp3) is 0.714. The van der Waals surface area contributed by atoms with Crippen LogP contribution in [-0.2, 0) is 0 Å². The summed E-state index contributed by atoms with van der Waals surface area (Å²) >= 11 is 0. The molecule has 0 aromatic rings. The van der Waals surface area contributed by atoms with Crippen LogP contribution >= 0.6 is 0 Å². The molecule has 0 bridgehead atoms. The lowest BCUT2D eigenvalue weighted by Gasteiger charge is -1.99. The van der Waals surface area contributed by atoms with Crippen molar-refractivity contribution in [3.8, 4) is 0 Å². The van der Waals surface area contributed by atoms with Crippen molar-refractivity contribution in [2.24, 2.45) is 0 Å². The first kappa shape index (κ1) is 7.54. The standard InChI is InChI=1S/C7H15N/c1-4-6-7(5-2)8-3/h6,8H,4-5H2,1-3H3. The van der Waals surface area contributed by atoms with Gasteiger partial charge in [0.1, 0.15) is 0 Å². The van der Waals surface area contributed by atoms with Gasteiger partial charge < -0.3 is 5.32 Å². The Labute approximate surface area is 51.8 Å². The van der Waals surface area contributed by atoms with Gasteiger partial charge in [0.2, 0.25) is 0 Å². The van der Waals surface area contributed by atoms with Crippen LogP contribution in [0.15, 0.2) is 11.8 Å². The predicted octanol–water partition coefficient (Wildman–Crippen LogP) is 1.91. The van der Waals surface area contributed by atoms with Gasteiger partial charge in [-0.3, -0.25) is 0 Å². The van der Waals surface area contributed by atoms with Gasteiger partial charge in [0.25, 0.3) is 0 Å². The van der Waals surface area contributed by atoms with Gasteiger partial charge in [-0.2, -0.15) is 0 Å². The SMILES string of the molecule is CCC=C(CC)NC. The number of rotatable bonds is 3. The zero-order chi connectivity index (χ0) is 6.41. The van der Waals surface area contributed by atoms with Gasteiger partial charge >= 0.3 is 0 Å². The van der Waals surface area contributed by atoms with Crippen molar-refractivity contribution >= 4 is 0 Å². The van der Waals surface area contributed by atoms with Crippen molar-refractivity contribution in [2.45, 2.75) is 26.7 Å². The zero-order valence-electron chi connectivity index (χ0n) is 5.99. The maximum Gasteiger partial charge on any atom is 0.00606 e. The Morgan fingerprint density at radius 3 is 2.25 bits per heavy atom. The van der Waals surface area contributed by atoms with E-state index in [1.807, 2.05) is 7.05 Å². The first-order valence-corrected chi connectivity index (χ1v) is 3.21. The lowest BCUT2D eigenvalue weighted by Crippen LogP contribution is -2.03. The third-order valence-electron chi connectivity index (χ3n) is 1.15. The molecule has 8 heavy (non-hydrogen) atoms. The highest BCUT2D eigenvalue weighted by atomic mass is 14.8. The van der Waals surface area contributed by atoms with Gasteiger partial charge in [-0.05, 0) is 12.8 Å². The van der Waals surface area contributed by atoms with E-state index in [0.717, 1.165) is 12.8 Å². The Balaban J connectivity index is 3.49. The van der Waals surface area contributed by atoms with Crippen LogP contribution in [0, 0.1) is 0 Å². The van der Waals surface area contributed by atoms with Crippen LogP contribution in [0.4, 0.5) is 0 Å². The summed E-state index contributed by atoms with van der Waals surface area (Å²) < 4.78 is 0. The van der Waals surface area contributed by atoms with Crippen LogP contribution in [0.2, 0.25) is 0 Å². The topological polar surface area (TPSA) is 12.0 Å². The molecule has 0 unspecified atom stereocenters. The molecule has 0 aromatic heterocycles. The van der Waals surface area contributed by atoms with Gasteiger partial charge in [0, 0.05) is 12.7 Å². The first-order valence-electron chi connectivity index (χ1n) is 3.21. The second kappa shape index (κ2) is 4.69. The van der Waals surface area contributed by atoms with Crippen LogP contribution in [0.1, 0.15) is 26.7 Å². The third-order valence-corrected chi connectivity index (χ3v) is 1.15. The highest BCUT2D eigenvalue weighted by molar-refractivity contribution is 4.96. The number of hydrogen-bond acceptors (Lipinski definition) is 1. The fourth-order valence-corrected chi connectivity index (χ4v) is 0.670. The number of nitrogens with one attached hydrogen (secondary N) is 1. The van der Waals surface area contributed by atoms with Crippen molar-refractivity contribution in [1.82, 2.24) is 5.32 Å². The molecule has 0 atom stereocenters. The molecular weight excluding hydrogens is 98.1 g/mol. The lowest BCUT2D eigenvalue weighted by atomic mass is 10.3. The summed E-state index contributed by atoms with van der Waals surface area (Å²) in [6.45, 7) is 4.30. The molecule has 0 aliphatic carbocycles. The number of hydrogen-bond donors (Lipinski definition) is 1. The first-order chi connectivity index (χ1) is 3.85. The van der Waals surface area contributed by atoms with E-state index in [1.165, 1.54) is 5.70 Å². The Bertz CT molecular complexity index is 68.5. The molecule has 0 saturated heterocycles. The largest absolute Gasteiger partial charge is 0.392 e. The summed E-state index contributed by atoms with van der Waals surface area (Å²) in [5.41, 5.74) is 1.34. The zero-order valence-corrected chi connectivity index (χ0v) is 5.99. The third kappa shape index (κ3) is 2.67. The summed E-state index contributed by atoms with van der Waals surface area (Å²) in [6.07, 6.45) is 4.45. The molecule has 48 valence electrons. The van der Waals surface area contributed by atoms with E-state index in [9.17, 15) is 0 Å². The second-order valence-electron chi connectivity index (χ2n) is 1.74. The van der Waals surface area contributed by atoms with Gasteiger partial charge in [-0.15, -0.1) is 0 Å². The molecule has 0 saturated carbocycles. The molecular formula is C7H15N. The van der Waals surface area contributed by atoms with Crippen molar-refractivity contribution in [1.29, 1.82) is 0 Å². The summed E-state index contributed by atoms with van der Waals surface area (Å²) in [4.78, 5) is 0. The number of allylic oxidation sites excluding steroid dienone is 2. The highest BCUT2D eigenvalue weighted by Crippen LogP contribution is 1.94. The molecule has 0 aliphatic rings. The van der Waals surface area contributed by atoms with E-state index in [1.54, 1.807) is 0 Å². The summed E-state index contributed by atoms with van der Waals surface area (Å²) in [6, 6.07) is 0. The smallest absolute Gasteiger partial charge is 0.00606 e. The average Bonchev–Trinajstić information content (AvgIpc) is 1.83. The molecule has 0 heterocycles. The van der Waals surface area contributed by atoms with Crippen molar-refractivity contribution in [3.63, 3.8) is 0 Å². The molecule has 0 spiro atoms. The molecule has 0 aliphatic heterocycles. The van der Waals surface area contributed by atoms with Crippen LogP contribution in [-0.4, -0.2) is 7.05 Å². The van der Waals surface area contributed by atoms with Crippen LogP contribution in [0.25, 0.3) is 0 Å². The molecule has 1 nitrogen and oxygen atoms in total. The summed E-state index contributed by atoms with van der Waals surface area (Å²) in [5, 5.41) is 3.11. The Morgan fingerprint density at radius 2 is 2.12 bits per heavy atom. The van der Waals surface area contributed by atoms with E-state index >= 15 is 0 Å². The molecule has 1 N–H and O–H groups in total. The van der Waals surface area contributed by atoms with E-state index in [2.05, 4.69) is 25.2 Å². The van der Waals surface area contributed by atoms with Crippen LogP contribution in [0.3, 0.4) is 0 Å². The average molecular weight is 113 g/mol. The van der Waals surface area contributed by atoms with E-state index in [-0.39, 0.29) is 0 Å². The molecule has 0 aromatic carbocycles. The van der Waals surface area contributed by atoms with Gasteiger partial charge in [-0.1, -0.05) is 19.9 Å². The monoisotopic (exact) mass is 113 g/mol. The quantitative estimate of drug-likeness (QED) is 0.589. The van der Waals surface area contributed by atoms with E-state index < -0.39 is 0 Å². The minimum atomic E-state index is 1.12. The maximum atomic E-state index is 3.11. The predicted molar refractivity (Wildman–Crippen MR) is 37.7 cm³/mol. The van der Waals surface area contributed by atoms with Crippen molar-refractivity contribution in [2.75, 3.05) is 7.05 Å². The Kier molecular flexibility index (Phi) is 4.42. The van der Waals surface area contributed by atoms with Gasteiger partial charge in [-0.25, -0.2) is 0 Å². The minimum Gasteiger partial charge on any atom is -0.392 e. The highest BCUT2D eigenvalue weighted by Gasteiger charge is 1.82. The Hall–Kier alpha value is -0.460. The van der Waals surface area contributed by atoms with Crippen molar-refractivity contribution < 1.29 is 0 Å². The molecule has 1 heteroatoms. The minimum absolute atomic E-state index is 1.12. The van der Waals surface area contributed by atoms with Crippen molar-refractivity contribution in [3.05, 3.63) is 11.8 Å². The lowest BCUT2D eigenvalue weighted by molar-refractivity contribution is 0.884. The van der Waals surface area contributed by atoms with E-state index in [0.29, 0.717) is 0 Å². The van der Waals surface area contributed by atoms with Gasteiger partial charge in [0.15, 0.2) is 0 Å². The maximum absolute atomic E-state index is 3.11.